The summed E-state index contributed by atoms with van der Waals surface area (Å²) in [6.07, 6.45) is 9.36. The summed E-state index contributed by atoms with van der Waals surface area (Å²) < 4.78 is 18.5. The Hall–Kier alpha value is -4.96. The zero-order valence-electron chi connectivity index (χ0n) is 30.9. The first-order valence-electron chi connectivity index (χ1n) is 18.6. The predicted molar refractivity (Wildman–Crippen MR) is 214 cm³/mol. The molecule has 0 radical (unpaired) electrons. The number of carbonyl (C=O) groups is 1. The van der Waals surface area contributed by atoms with Gasteiger partial charge in [-0.3, -0.25) is 0 Å². The summed E-state index contributed by atoms with van der Waals surface area (Å²) in [7, 11) is -2.44. The first-order chi connectivity index (χ1) is 25.3. The molecule has 52 heavy (non-hydrogen) atoms. The Morgan fingerprint density at radius 2 is 1.04 bits per heavy atom. The Balaban J connectivity index is 0.946. The SMILES string of the molecule is CC(C)(C)[Si](OCCCCCCCCCCOc1ccc(C(=O)Oc2ccc(-c3ccc(C#N)cc3)cc2)cc1)(c1ccccc1)c1ccccc1. The van der Waals surface area contributed by atoms with Gasteiger partial charge < -0.3 is 13.9 Å². The van der Waals surface area contributed by atoms with Gasteiger partial charge >= 0.3 is 5.97 Å². The fourth-order valence-electron chi connectivity index (χ4n) is 6.75. The summed E-state index contributed by atoms with van der Waals surface area (Å²) in [5.41, 5.74) is 3.06. The molecule has 268 valence electrons. The molecular formula is C46H51NO4Si. The van der Waals surface area contributed by atoms with Crippen LogP contribution in [0.2, 0.25) is 5.04 Å². The number of ether oxygens (including phenoxy) is 2. The fourth-order valence-corrected chi connectivity index (χ4v) is 11.4. The lowest BCUT2D eigenvalue weighted by Gasteiger charge is -2.43. The Morgan fingerprint density at radius 3 is 1.54 bits per heavy atom. The molecule has 0 aromatic heterocycles. The van der Waals surface area contributed by atoms with Crippen molar-refractivity contribution in [2.24, 2.45) is 0 Å². The minimum absolute atomic E-state index is 0.0155. The summed E-state index contributed by atoms with van der Waals surface area (Å²) in [6.45, 7) is 8.46. The first-order valence-corrected chi connectivity index (χ1v) is 20.5. The van der Waals surface area contributed by atoms with Gasteiger partial charge in [-0.25, -0.2) is 4.79 Å². The number of unbranched alkanes of at least 4 members (excludes halogenated alkanes) is 7. The van der Waals surface area contributed by atoms with Gasteiger partial charge in [0.15, 0.2) is 0 Å². The second-order valence-corrected chi connectivity index (χ2v) is 18.6. The summed E-state index contributed by atoms with van der Waals surface area (Å²) in [6, 6.07) is 45.7. The number of hydrogen-bond donors (Lipinski definition) is 0. The number of esters is 1. The van der Waals surface area contributed by atoms with Gasteiger partial charge in [0.2, 0.25) is 0 Å². The molecule has 0 fully saturated rings. The van der Waals surface area contributed by atoms with Gasteiger partial charge in [0.1, 0.15) is 11.5 Å². The molecule has 0 aliphatic heterocycles. The van der Waals surface area contributed by atoms with Crippen molar-refractivity contribution < 1.29 is 18.7 Å². The summed E-state index contributed by atoms with van der Waals surface area (Å²) in [5.74, 6) is 0.816. The van der Waals surface area contributed by atoms with Crippen molar-refractivity contribution >= 4 is 24.7 Å². The fraction of sp³-hybridized carbons (Fsp3) is 0.304. The van der Waals surface area contributed by atoms with Gasteiger partial charge in [-0.15, -0.1) is 0 Å². The van der Waals surface area contributed by atoms with Gasteiger partial charge in [-0.2, -0.15) is 5.26 Å². The van der Waals surface area contributed by atoms with Crippen molar-refractivity contribution in [2.45, 2.75) is 77.2 Å². The molecule has 0 amide bonds. The van der Waals surface area contributed by atoms with Crippen LogP contribution in [0.3, 0.4) is 0 Å². The molecule has 0 heterocycles. The van der Waals surface area contributed by atoms with E-state index in [-0.39, 0.29) is 5.04 Å². The van der Waals surface area contributed by atoms with Crippen molar-refractivity contribution in [3.63, 3.8) is 0 Å². The Morgan fingerprint density at radius 1 is 0.577 bits per heavy atom. The highest BCUT2D eigenvalue weighted by molar-refractivity contribution is 6.99. The van der Waals surface area contributed by atoms with Gasteiger partial charge in [0.05, 0.1) is 23.8 Å². The molecule has 0 aliphatic carbocycles. The summed E-state index contributed by atoms with van der Waals surface area (Å²) in [4.78, 5) is 12.7. The quantitative estimate of drug-likeness (QED) is 0.0392. The van der Waals surface area contributed by atoms with Crippen molar-refractivity contribution in [3.8, 4) is 28.7 Å². The maximum Gasteiger partial charge on any atom is 0.343 e. The Bertz CT molecular complexity index is 1800. The van der Waals surface area contributed by atoms with Crippen molar-refractivity contribution in [1.29, 1.82) is 5.26 Å². The molecule has 5 aromatic rings. The zero-order chi connectivity index (χ0) is 36.7. The average Bonchev–Trinajstić information content (AvgIpc) is 3.17. The van der Waals surface area contributed by atoms with Crippen molar-refractivity contribution in [1.82, 2.24) is 0 Å². The second kappa shape index (κ2) is 19.0. The van der Waals surface area contributed by atoms with Crippen LogP contribution in [0.25, 0.3) is 11.1 Å². The van der Waals surface area contributed by atoms with Crippen LogP contribution in [-0.4, -0.2) is 27.5 Å². The molecule has 0 saturated carbocycles. The van der Waals surface area contributed by atoms with E-state index in [1.165, 1.54) is 42.5 Å². The van der Waals surface area contributed by atoms with E-state index in [0.717, 1.165) is 42.7 Å². The summed E-state index contributed by atoms with van der Waals surface area (Å²) >= 11 is 0. The molecule has 0 aliphatic rings. The van der Waals surface area contributed by atoms with E-state index in [1.54, 1.807) is 36.4 Å². The molecule has 5 rings (SSSR count). The van der Waals surface area contributed by atoms with E-state index in [1.807, 2.05) is 36.4 Å². The van der Waals surface area contributed by atoms with E-state index in [4.69, 9.17) is 19.2 Å². The molecule has 0 atom stereocenters. The van der Waals surface area contributed by atoms with Crippen LogP contribution in [0.1, 0.15) is 88.1 Å². The molecule has 6 heteroatoms. The predicted octanol–water partition coefficient (Wildman–Crippen LogP) is 10.5. The summed E-state index contributed by atoms with van der Waals surface area (Å²) in [5, 5.41) is 11.7. The third kappa shape index (κ3) is 10.3. The van der Waals surface area contributed by atoms with E-state index in [0.29, 0.717) is 23.5 Å². The van der Waals surface area contributed by atoms with Crippen LogP contribution in [0, 0.1) is 11.3 Å². The molecule has 0 spiro atoms. The second-order valence-electron chi connectivity index (χ2n) is 14.3. The lowest BCUT2D eigenvalue weighted by molar-refractivity contribution is 0.0734. The lowest BCUT2D eigenvalue weighted by atomic mass is 10.0. The lowest BCUT2D eigenvalue weighted by Crippen LogP contribution is -2.66. The smallest absolute Gasteiger partial charge is 0.343 e. The highest BCUT2D eigenvalue weighted by Crippen LogP contribution is 2.37. The highest BCUT2D eigenvalue weighted by Gasteiger charge is 2.49. The minimum Gasteiger partial charge on any atom is -0.494 e. The number of nitrogens with zero attached hydrogens (tertiary/aromatic N) is 1. The standard InChI is InChI=1S/C46H51NO4Si/c1-46(2,3)52(43-18-12-10-13-19-43,44-20-14-11-15-21-44)50-35-17-9-7-5-4-6-8-16-34-49-41-30-28-40(29-31-41)45(48)51-42-32-26-39(27-33-42)38-24-22-37(36-47)23-25-38/h10-15,18-33H,4-9,16-17,34-35H2,1-3H3. The van der Waals surface area contributed by atoms with Gasteiger partial charge in [0, 0.05) is 6.61 Å². The van der Waals surface area contributed by atoms with E-state index in [2.05, 4.69) is 87.5 Å². The average molecular weight is 710 g/mol. The van der Waals surface area contributed by atoms with Crippen molar-refractivity contribution in [2.75, 3.05) is 13.2 Å². The molecule has 0 N–H and O–H groups in total. The largest absolute Gasteiger partial charge is 0.494 e. The Labute approximate surface area is 311 Å². The molecule has 0 bridgehead atoms. The normalized spacial score (nSPS) is 11.5. The maximum absolute atomic E-state index is 12.7. The highest BCUT2D eigenvalue weighted by atomic mass is 28.4. The van der Waals surface area contributed by atoms with Crippen LogP contribution in [-0.2, 0) is 4.43 Å². The van der Waals surface area contributed by atoms with Crippen LogP contribution in [0.4, 0.5) is 0 Å². The Kier molecular flexibility index (Phi) is 14.0. The zero-order valence-corrected chi connectivity index (χ0v) is 31.9. The number of benzene rings is 5. The third-order valence-corrected chi connectivity index (χ3v) is 14.6. The number of rotatable bonds is 18. The number of hydrogen-bond acceptors (Lipinski definition) is 5. The van der Waals surface area contributed by atoms with E-state index in [9.17, 15) is 4.79 Å². The van der Waals surface area contributed by atoms with Crippen LogP contribution >= 0.6 is 0 Å². The third-order valence-electron chi connectivity index (χ3n) is 9.55. The van der Waals surface area contributed by atoms with Gasteiger partial charge in [-0.05, 0) is 87.9 Å². The van der Waals surface area contributed by atoms with Crippen LogP contribution in [0.15, 0.2) is 133 Å². The van der Waals surface area contributed by atoms with E-state index < -0.39 is 14.3 Å². The van der Waals surface area contributed by atoms with Crippen LogP contribution in [0.5, 0.6) is 11.5 Å². The first kappa shape index (κ1) is 38.3. The number of carbonyl (C=O) groups excluding carboxylic acids is 1. The van der Waals surface area contributed by atoms with Gasteiger partial charge in [0.25, 0.3) is 8.32 Å². The van der Waals surface area contributed by atoms with Crippen molar-refractivity contribution in [3.05, 3.63) is 145 Å². The molecular weight excluding hydrogens is 659 g/mol. The van der Waals surface area contributed by atoms with Gasteiger partial charge in [-0.1, -0.05) is 144 Å². The van der Waals surface area contributed by atoms with E-state index >= 15 is 0 Å². The topological polar surface area (TPSA) is 68.6 Å². The van der Waals surface area contributed by atoms with Crippen LogP contribution < -0.4 is 19.8 Å². The maximum atomic E-state index is 12.7. The molecule has 0 saturated heterocycles. The molecule has 5 nitrogen and oxygen atoms in total. The monoisotopic (exact) mass is 709 g/mol. The number of nitriles is 1. The minimum atomic E-state index is -2.44. The molecule has 0 unspecified atom stereocenters. The molecule has 5 aromatic carbocycles.